The van der Waals surface area contributed by atoms with Crippen LogP contribution in [0.15, 0.2) is 0 Å². The van der Waals surface area contributed by atoms with Gasteiger partial charge in [0.15, 0.2) is 0 Å². The predicted molar refractivity (Wildman–Crippen MR) is 83.9 cm³/mol. The lowest BCUT2D eigenvalue weighted by Gasteiger charge is -2.33. The maximum Gasteiger partial charge on any atom is 0.0863 e. The van der Waals surface area contributed by atoms with E-state index in [-0.39, 0.29) is 0 Å². The monoisotopic (exact) mass is 298 g/mol. The fourth-order valence-electron chi connectivity index (χ4n) is 3.02. The highest BCUT2D eigenvalue weighted by atomic mass is 35.5. The second kappa shape index (κ2) is 6.92. The molecule has 5 heteroatoms. The van der Waals surface area contributed by atoms with E-state index in [1.165, 1.54) is 18.5 Å². The van der Waals surface area contributed by atoms with Gasteiger partial charge < -0.3 is 5.73 Å². The van der Waals surface area contributed by atoms with Crippen molar-refractivity contribution in [2.45, 2.75) is 59.2 Å². The Morgan fingerprint density at radius 1 is 1.35 bits per heavy atom. The summed E-state index contributed by atoms with van der Waals surface area (Å²) in [5.74, 6) is 0.670. The molecule has 1 aliphatic rings. The van der Waals surface area contributed by atoms with E-state index in [1.54, 1.807) is 0 Å². The molecule has 1 aromatic heterocycles. The highest BCUT2D eigenvalue weighted by Crippen LogP contribution is 2.26. The molecule has 0 amide bonds. The second-order valence-electron chi connectivity index (χ2n) is 5.85. The number of piperidine rings is 1. The average molecular weight is 299 g/mol. The van der Waals surface area contributed by atoms with Crippen molar-refractivity contribution in [2.75, 3.05) is 13.1 Å². The van der Waals surface area contributed by atoms with Crippen LogP contribution >= 0.6 is 11.6 Å². The minimum Gasteiger partial charge on any atom is -0.328 e. The zero-order valence-corrected chi connectivity index (χ0v) is 13.7. The molecule has 1 unspecified atom stereocenters. The molecular formula is C15H27ClN4. The van der Waals surface area contributed by atoms with E-state index in [2.05, 4.69) is 35.5 Å². The lowest BCUT2D eigenvalue weighted by molar-refractivity contribution is 0.162. The smallest absolute Gasteiger partial charge is 0.0863 e. The normalized spacial score (nSPS) is 19.4. The Hall–Kier alpha value is -0.580. The standard InChI is InChI=1S/C15H27ClN4/c1-4-13-15(16)14(20(5-2)18-13)10-19-8-6-12(7-9-19)11(3)17/h11-12H,4-10,17H2,1-3H3. The molecule has 2 N–H and O–H groups in total. The summed E-state index contributed by atoms with van der Waals surface area (Å²) in [5.41, 5.74) is 8.20. The van der Waals surface area contributed by atoms with Crippen LogP contribution in [-0.2, 0) is 19.5 Å². The van der Waals surface area contributed by atoms with Crippen molar-refractivity contribution in [2.24, 2.45) is 11.7 Å². The van der Waals surface area contributed by atoms with Crippen LogP contribution in [0.4, 0.5) is 0 Å². The molecule has 0 aromatic carbocycles. The number of halogens is 1. The Bertz CT molecular complexity index is 433. The molecule has 1 atom stereocenters. The van der Waals surface area contributed by atoms with Crippen molar-refractivity contribution in [1.82, 2.24) is 14.7 Å². The number of nitrogens with two attached hydrogens (primary N) is 1. The summed E-state index contributed by atoms with van der Waals surface area (Å²) >= 11 is 6.48. The molecule has 1 saturated heterocycles. The molecule has 20 heavy (non-hydrogen) atoms. The van der Waals surface area contributed by atoms with Crippen LogP contribution < -0.4 is 5.73 Å². The molecule has 1 aromatic rings. The van der Waals surface area contributed by atoms with Crippen molar-refractivity contribution in [3.63, 3.8) is 0 Å². The first-order chi connectivity index (χ1) is 9.56. The SMILES string of the molecule is CCc1nn(CC)c(CN2CCC(C(C)N)CC2)c1Cl. The second-order valence-corrected chi connectivity index (χ2v) is 6.23. The van der Waals surface area contributed by atoms with E-state index in [9.17, 15) is 0 Å². The van der Waals surface area contributed by atoms with E-state index >= 15 is 0 Å². The Kier molecular flexibility index (Phi) is 5.47. The van der Waals surface area contributed by atoms with Gasteiger partial charge in [-0.2, -0.15) is 5.10 Å². The fourth-order valence-corrected chi connectivity index (χ4v) is 3.35. The first kappa shape index (κ1) is 15.8. The molecule has 4 nitrogen and oxygen atoms in total. The van der Waals surface area contributed by atoms with E-state index in [1.807, 2.05) is 0 Å². The summed E-state index contributed by atoms with van der Waals surface area (Å²) in [7, 11) is 0. The number of aryl methyl sites for hydroxylation is 2. The predicted octanol–water partition coefficient (Wildman–Crippen LogP) is 2.68. The number of rotatable bonds is 5. The van der Waals surface area contributed by atoms with Gasteiger partial charge in [0.2, 0.25) is 0 Å². The highest BCUT2D eigenvalue weighted by molar-refractivity contribution is 6.31. The topological polar surface area (TPSA) is 47.1 Å². The Labute approximate surface area is 127 Å². The third-order valence-electron chi connectivity index (χ3n) is 4.44. The van der Waals surface area contributed by atoms with E-state index in [0.29, 0.717) is 12.0 Å². The molecule has 1 fully saturated rings. The van der Waals surface area contributed by atoms with Gasteiger partial charge in [-0.3, -0.25) is 9.58 Å². The number of nitrogens with zero attached hydrogens (tertiary/aromatic N) is 3. The van der Waals surface area contributed by atoms with Crippen LogP contribution in [0.1, 0.15) is 45.0 Å². The molecular weight excluding hydrogens is 272 g/mol. The van der Waals surface area contributed by atoms with Crippen molar-refractivity contribution >= 4 is 11.6 Å². The summed E-state index contributed by atoms with van der Waals surface area (Å²) in [6, 6.07) is 0.314. The third-order valence-corrected chi connectivity index (χ3v) is 4.88. The molecule has 2 heterocycles. The molecule has 0 saturated carbocycles. The van der Waals surface area contributed by atoms with Gasteiger partial charge in [0.25, 0.3) is 0 Å². The molecule has 0 bridgehead atoms. The van der Waals surface area contributed by atoms with Crippen molar-refractivity contribution < 1.29 is 0 Å². The maximum atomic E-state index is 6.48. The van der Waals surface area contributed by atoms with Gasteiger partial charge in [-0.1, -0.05) is 18.5 Å². The molecule has 0 radical (unpaired) electrons. The van der Waals surface area contributed by atoms with Gasteiger partial charge in [-0.25, -0.2) is 0 Å². The zero-order chi connectivity index (χ0) is 14.7. The average Bonchev–Trinajstić information content (AvgIpc) is 2.76. The summed E-state index contributed by atoms with van der Waals surface area (Å²) < 4.78 is 2.05. The summed E-state index contributed by atoms with van der Waals surface area (Å²) in [5, 5.41) is 5.46. The Morgan fingerprint density at radius 2 is 2.00 bits per heavy atom. The van der Waals surface area contributed by atoms with Crippen LogP contribution in [0.3, 0.4) is 0 Å². The van der Waals surface area contributed by atoms with Gasteiger partial charge in [-0.15, -0.1) is 0 Å². The largest absolute Gasteiger partial charge is 0.328 e. The van der Waals surface area contributed by atoms with Gasteiger partial charge in [-0.05, 0) is 52.1 Å². The van der Waals surface area contributed by atoms with Crippen LogP contribution in [0.5, 0.6) is 0 Å². The summed E-state index contributed by atoms with van der Waals surface area (Å²) in [4.78, 5) is 2.48. The Balaban J connectivity index is 2.02. The first-order valence-electron chi connectivity index (χ1n) is 7.78. The molecule has 0 aliphatic carbocycles. The zero-order valence-electron chi connectivity index (χ0n) is 12.9. The van der Waals surface area contributed by atoms with Gasteiger partial charge in [0.1, 0.15) is 0 Å². The summed E-state index contributed by atoms with van der Waals surface area (Å²) in [6.45, 7) is 10.4. The first-order valence-corrected chi connectivity index (χ1v) is 8.16. The maximum absolute atomic E-state index is 6.48. The fraction of sp³-hybridized carbons (Fsp3) is 0.800. The van der Waals surface area contributed by atoms with E-state index in [4.69, 9.17) is 17.3 Å². The lowest BCUT2D eigenvalue weighted by Crippen LogP contribution is -2.39. The van der Waals surface area contributed by atoms with Gasteiger partial charge >= 0.3 is 0 Å². The molecule has 0 spiro atoms. The Morgan fingerprint density at radius 3 is 2.50 bits per heavy atom. The molecule has 1 aliphatic heterocycles. The lowest BCUT2D eigenvalue weighted by atomic mass is 9.91. The van der Waals surface area contributed by atoms with Gasteiger partial charge in [0, 0.05) is 19.1 Å². The number of likely N-dealkylation sites (tertiary alicyclic amines) is 1. The van der Waals surface area contributed by atoms with E-state index < -0.39 is 0 Å². The number of aromatic nitrogens is 2. The van der Waals surface area contributed by atoms with Crippen molar-refractivity contribution in [3.05, 3.63) is 16.4 Å². The summed E-state index contributed by atoms with van der Waals surface area (Å²) in [6.07, 6.45) is 3.28. The number of hydrogen-bond donors (Lipinski definition) is 1. The number of hydrogen-bond acceptors (Lipinski definition) is 3. The van der Waals surface area contributed by atoms with Crippen LogP contribution in [0.25, 0.3) is 0 Å². The molecule has 2 rings (SSSR count). The quantitative estimate of drug-likeness (QED) is 0.909. The molecule has 114 valence electrons. The highest BCUT2D eigenvalue weighted by Gasteiger charge is 2.24. The van der Waals surface area contributed by atoms with Crippen LogP contribution in [-0.4, -0.2) is 33.8 Å². The van der Waals surface area contributed by atoms with Crippen molar-refractivity contribution in [3.8, 4) is 0 Å². The van der Waals surface area contributed by atoms with Crippen LogP contribution in [0.2, 0.25) is 5.02 Å². The van der Waals surface area contributed by atoms with Crippen LogP contribution in [0, 0.1) is 5.92 Å². The van der Waals surface area contributed by atoms with Crippen molar-refractivity contribution in [1.29, 1.82) is 0 Å². The van der Waals surface area contributed by atoms with Gasteiger partial charge in [0.05, 0.1) is 16.4 Å². The minimum absolute atomic E-state index is 0.314. The third kappa shape index (κ3) is 3.35. The minimum atomic E-state index is 0.314. The van der Waals surface area contributed by atoms with E-state index in [0.717, 1.165) is 43.3 Å².